The Kier molecular flexibility index (Phi) is 3.35. The van der Waals surface area contributed by atoms with E-state index in [-0.39, 0.29) is 12.1 Å². The van der Waals surface area contributed by atoms with Crippen molar-refractivity contribution in [2.75, 3.05) is 18.0 Å². The predicted octanol–water partition coefficient (Wildman–Crippen LogP) is 1.44. The van der Waals surface area contributed by atoms with E-state index in [4.69, 9.17) is 0 Å². The first-order valence-electron chi connectivity index (χ1n) is 7.68. The van der Waals surface area contributed by atoms with E-state index in [0.717, 1.165) is 17.9 Å². The van der Waals surface area contributed by atoms with Crippen LogP contribution in [-0.2, 0) is 10.0 Å². The molecule has 0 spiro atoms. The average molecular weight is 330 g/mol. The summed E-state index contributed by atoms with van der Waals surface area (Å²) in [5.74, 6) is 0.879. The number of aromatic nitrogens is 2. The lowest BCUT2D eigenvalue weighted by molar-refractivity contribution is 0.0874. The van der Waals surface area contributed by atoms with E-state index in [2.05, 4.69) is 14.9 Å². The number of benzene rings is 1. The molecule has 2 atom stereocenters. The topological polar surface area (TPSA) is 66.4 Å². The molecule has 2 bridgehead atoms. The molecule has 23 heavy (non-hydrogen) atoms. The summed E-state index contributed by atoms with van der Waals surface area (Å²) in [6.07, 6.45) is 2.48. The summed E-state index contributed by atoms with van der Waals surface area (Å²) >= 11 is 0. The van der Waals surface area contributed by atoms with Crippen LogP contribution in [-0.4, -0.2) is 47.9 Å². The van der Waals surface area contributed by atoms with Crippen LogP contribution in [0, 0.1) is 6.92 Å². The standard InChI is InChI=1S/C16H18N4O2S/c1-12-7-16(18-11-17-12)19-9-13-8-14(10-19)20(13)23(21,22)15-5-3-2-4-6-15/h2-7,11,13-14H,8-10H2,1H3. The maximum absolute atomic E-state index is 12.8. The van der Waals surface area contributed by atoms with Crippen LogP contribution in [0.15, 0.2) is 47.6 Å². The minimum absolute atomic E-state index is 0.0224. The molecule has 3 fully saturated rings. The molecule has 120 valence electrons. The number of piperazine rings is 1. The number of rotatable bonds is 3. The van der Waals surface area contributed by atoms with Gasteiger partial charge in [0.1, 0.15) is 12.1 Å². The zero-order chi connectivity index (χ0) is 16.0. The van der Waals surface area contributed by atoms with Gasteiger partial charge in [0, 0.05) is 36.9 Å². The van der Waals surface area contributed by atoms with E-state index >= 15 is 0 Å². The number of fused-ring (bicyclic) bond motifs is 2. The van der Waals surface area contributed by atoms with Crippen molar-refractivity contribution in [1.82, 2.24) is 14.3 Å². The molecule has 0 radical (unpaired) electrons. The molecule has 3 aliphatic heterocycles. The first kappa shape index (κ1) is 14.6. The third kappa shape index (κ3) is 2.40. The van der Waals surface area contributed by atoms with Gasteiger partial charge < -0.3 is 4.90 Å². The van der Waals surface area contributed by atoms with Crippen LogP contribution in [0.25, 0.3) is 0 Å². The van der Waals surface area contributed by atoms with Gasteiger partial charge in [-0.25, -0.2) is 18.4 Å². The highest BCUT2D eigenvalue weighted by Crippen LogP contribution is 2.38. The monoisotopic (exact) mass is 330 g/mol. The van der Waals surface area contributed by atoms with Crippen molar-refractivity contribution < 1.29 is 8.42 Å². The number of piperidine rings is 1. The van der Waals surface area contributed by atoms with E-state index in [1.165, 1.54) is 0 Å². The van der Waals surface area contributed by atoms with Gasteiger partial charge in [-0.2, -0.15) is 4.31 Å². The number of aryl methyl sites for hydroxylation is 1. The molecular formula is C16H18N4O2S. The fraction of sp³-hybridized carbons (Fsp3) is 0.375. The summed E-state index contributed by atoms with van der Waals surface area (Å²) in [7, 11) is -3.40. The Labute approximate surface area is 135 Å². The van der Waals surface area contributed by atoms with Crippen molar-refractivity contribution in [1.29, 1.82) is 0 Å². The highest BCUT2D eigenvalue weighted by molar-refractivity contribution is 7.89. The summed E-state index contributed by atoms with van der Waals surface area (Å²) in [6, 6.07) is 10.7. The van der Waals surface area contributed by atoms with Crippen molar-refractivity contribution in [3.8, 4) is 0 Å². The molecule has 0 saturated carbocycles. The average Bonchev–Trinajstić information content (AvgIpc) is 2.55. The lowest BCUT2D eigenvalue weighted by atomic mass is 9.91. The second-order valence-electron chi connectivity index (χ2n) is 6.11. The Balaban J connectivity index is 1.56. The molecule has 4 heterocycles. The molecule has 5 rings (SSSR count). The second-order valence-corrected chi connectivity index (χ2v) is 7.96. The Hall–Kier alpha value is -1.99. The molecule has 6 nitrogen and oxygen atoms in total. The Morgan fingerprint density at radius 1 is 1.09 bits per heavy atom. The summed E-state index contributed by atoms with van der Waals surface area (Å²) in [4.78, 5) is 11.0. The van der Waals surface area contributed by atoms with Gasteiger partial charge in [-0.3, -0.25) is 0 Å². The quantitative estimate of drug-likeness (QED) is 0.852. The maximum Gasteiger partial charge on any atom is 0.243 e. The van der Waals surface area contributed by atoms with Gasteiger partial charge in [0.25, 0.3) is 0 Å². The number of sulfonamides is 1. The lowest BCUT2D eigenvalue weighted by Crippen LogP contribution is -2.70. The Bertz CT molecular complexity index is 813. The van der Waals surface area contributed by atoms with Crippen molar-refractivity contribution in [2.24, 2.45) is 0 Å². The summed E-state index contributed by atoms with van der Waals surface area (Å²) < 4.78 is 27.3. The van der Waals surface area contributed by atoms with Crippen molar-refractivity contribution in [2.45, 2.75) is 30.3 Å². The van der Waals surface area contributed by atoms with E-state index in [1.54, 1.807) is 34.9 Å². The molecule has 0 N–H and O–H groups in total. The SMILES string of the molecule is Cc1cc(N2CC3CC(C2)N3S(=O)(=O)c2ccccc2)ncn1. The molecule has 1 aromatic carbocycles. The van der Waals surface area contributed by atoms with E-state index < -0.39 is 10.0 Å². The molecule has 1 aromatic heterocycles. The molecule has 2 aromatic rings. The summed E-state index contributed by atoms with van der Waals surface area (Å²) in [5.41, 5.74) is 0.919. The second kappa shape index (κ2) is 5.28. The number of hydrogen-bond acceptors (Lipinski definition) is 5. The Morgan fingerprint density at radius 2 is 1.78 bits per heavy atom. The fourth-order valence-electron chi connectivity index (χ4n) is 3.48. The van der Waals surface area contributed by atoms with Crippen LogP contribution >= 0.6 is 0 Å². The molecule has 2 unspecified atom stereocenters. The van der Waals surface area contributed by atoms with Crippen LogP contribution in [0.1, 0.15) is 12.1 Å². The van der Waals surface area contributed by atoms with Crippen LogP contribution < -0.4 is 4.90 Å². The van der Waals surface area contributed by atoms with E-state index in [0.29, 0.717) is 18.0 Å². The van der Waals surface area contributed by atoms with Crippen LogP contribution in [0.3, 0.4) is 0 Å². The summed E-state index contributed by atoms with van der Waals surface area (Å²) in [5, 5.41) is 0. The zero-order valence-corrected chi connectivity index (χ0v) is 13.6. The van der Waals surface area contributed by atoms with Gasteiger partial charge in [-0.15, -0.1) is 0 Å². The van der Waals surface area contributed by atoms with Gasteiger partial charge in [-0.05, 0) is 25.5 Å². The third-order valence-corrected chi connectivity index (χ3v) is 6.58. The fourth-order valence-corrected chi connectivity index (χ4v) is 5.32. The number of hydrogen-bond donors (Lipinski definition) is 0. The number of anilines is 1. The maximum atomic E-state index is 12.8. The molecule has 3 saturated heterocycles. The van der Waals surface area contributed by atoms with Crippen LogP contribution in [0.4, 0.5) is 5.82 Å². The smallest absolute Gasteiger partial charge is 0.243 e. The van der Waals surface area contributed by atoms with Crippen molar-refractivity contribution in [3.63, 3.8) is 0 Å². The van der Waals surface area contributed by atoms with Gasteiger partial charge >= 0.3 is 0 Å². The summed E-state index contributed by atoms with van der Waals surface area (Å²) in [6.45, 7) is 3.29. The molecular weight excluding hydrogens is 312 g/mol. The first-order chi connectivity index (χ1) is 11.1. The number of nitrogens with zero attached hydrogens (tertiary/aromatic N) is 4. The minimum Gasteiger partial charge on any atom is -0.353 e. The van der Waals surface area contributed by atoms with Gasteiger partial charge in [-0.1, -0.05) is 18.2 Å². The van der Waals surface area contributed by atoms with Gasteiger partial charge in [0.15, 0.2) is 0 Å². The normalized spacial score (nSPS) is 24.3. The minimum atomic E-state index is -3.40. The molecule has 7 heteroatoms. The predicted molar refractivity (Wildman–Crippen MR) is 86.6 cm³/mol. The molecule has 3 aliphatic rings. The lowest BCUT2D eigenvalue weighted by Gasteiger charge is -2.55. The van der Waals surface area contributed by atoms with Crippen molar-refractivity contribution >= 4 is 15.8 Å². The Morgan fingerprint density at radius 3 is 2.43 bits per heavy atom. The van der Waals surface area contributed by atoms with Crippen LogP contribution in [0.2, 0.25) is 0 Å². The molecule has 0 aliphatic carbocycles. The third-order valence-electron chi connectivity index (χ3n) is 4.56. The van der Waals surface area contributed by atoms with Crippen molar-refractivity contribution in [3.05, 3.63) is 48.4 Å². The van der Waals surface area contributed by atoms with E-state index in [9.17, 15) is 8.42 Å². The van der Waals surface area contributed by atoms with E-state index in [1.807, 2.05) is 19.1 Å². The van der Waals surface area contributed by atoms with Gasteiger partial charge in [0.2, 0.25) is 10.0 Å². The van der Waals surface area contributed by atoms with Crippen LogP contribution in [0.5, 0.6) is 0 Å². The van der Waals surface area contributed by atoms with Gasteiger partial charge in [0.05, 0.1) is 4.90 Å². The highest BCUT2D eigenvalue weighted by atomic mass is 32.2. The molecule has 0 amide bonds. The highest BCUT2D eigenvalue weighted by Gasteiger charge is 2.51. The first-order valence-corrected chi connectivity index (χ1v) is 9.12. The zero-order valence-electron chi connectivity index (χ0n) is 12.8. The largest absolute Gasteiger partial charge is 0.353 e.